The molecule has 1 aromatic rings. The van der Waals surface area contributed by atoms with E-state index in [-0.39, 0.29) is 0 Å². The predicted octanol–water partition coefficient (Wildman–Crippen LogP) is 1.88. The van der Waals surface area contributed by atoms with Gasteiger partial charge in [-0.05, 0) is 20.4 Å². The van der Waals surface area contributed by atoms with Crippen molar-refractivity contribution in [2.75, 3.05) is 7.05 Å². The molecule has 0 fully saturated rings. The zero-order valence-corrected chi connectivity index (χ0v) is 8.80. The van der Waals surface area contributed by atoms with Gasteiger partial charge in [0.15, 0.2) is 0 Å². The maximum absolute atomic E-state index is 4.50. The molecule has 1 heterocycles. The van der Waals surface area contributed by atoms with Crippen molar-refractivity contribution in [1.82, 2.24) is 4.98 Å². The molecular formula is C7H14N2S2. The largest absolute Gasteiger partial charge is 0.333 e. The fourth-order valence-corrected chi connectivity index (χ4v) is 1.70. The molecule has 2 nitrogen and oxygen atoms in total. The molecule has 11 heavy (non-hydrogen) atoms. The molecule has 1 aromatic heterocycles. The third kappa shape index (κ3) is 3.22. The highest BCUT2D eigenvalue weighted by Crippen LogP contribution is 2.21. The summed E-state index contributed by atoms with van der Waals surface area (Å²) in [7, 11) is 1.50. The van der Waals surface area contributed by atoms with Gasteiger partial charge in [-0.1, -0.05) is 6.92 Å². The quantitative estimate of drug-likeness (QED) is 0.664. The van der Waals surface area contributed by atoms with Crippen LogP contribution in [0.2, 0.25) is 0 Å². The molecule has 0 radical (unpaired) electrons. The highest BCUT2D eigenvalue weighted by atomic mass is 32.2. The maximum Gasteiger partial charge on any atom is 0.0937 e. The van der Waals surface area contributed by atoms with Crippen LogP contribution in [0.1, 0.15) is 17.6 Å². The van der Waals surface area contributed by atoms with Crippen molar-refractivity contribution in [1.29, 1.82) is 0 Å². The van der Waals surface area contributed by atoms with Gasteiger partial charge in [-0.15, -0.1) is 24.0 Å². The molecule has 0 aliphatic heterocycles. The van der Waals surface area contributed by atoms with Crippen molar-refractivity contribution in [2.24, 2.45) is 5.73 Å². The first-order valence-corrected chi connectivity index (χ1v) is 4.73. The summed E-state index contributed by atoms with van der Waals surface area (Å²) in [5, 5.41) is 1.18. The van der Waals surface area contributed by atoms with Gasteiger partial charge < -0.3 is 5.73 Å². The lowest BCUT2D eigenvalue weighted by Crippen LogP contribution is -1.75. The second kappa shape index (κ2) is 5.57. The Bertz CT molecular complexity index is 189. The molecule has 0 bridgehead atoms. The van der Waals surface area contributed by atoms with Gasteiger partial charge in [0.1, 0.15) is 0 Å². The summed E-state index contributed by atoms with van der Waals surface area (Å²) in [4.78, 5) is 4.27. The highest BCUT2D eigenvalue weighted by molar-refractivity contribution is 7.82. The van der Waals surface area contributed by atoms with Crippen LogP contribution >= 0.6 is 24.0 Å². The molecular weight excluding hydrogens is 176 g/mol. The molecule has 0 aliphatic carbocycles. The molecule has 0 saturated heterocycles. The van der Waals surface area contributed by atoms with Gasteiger partial charge in [0.05, 0.1) is 14.9 Å². The number of rotatable bonds is 1. The number of nitrogens with two attached hydrogens (primary N) is 1. The van der Waals surface area contributed by atoms with Crippen LogP contribution in [0.3, 0.4) is 0 Å². The van der Waals surface area contributed by atoms with Gasteiger partial charge >= 0.3 is 0 Å². The summed E-state index contributed by atoms with van der Waals surface area (Å²) in [6.45, 7) is 4.09. The van der Waals surface area contributed by atoms with Gasteiger partial charge in [-0.25, -0.2) is 4.98 Å². The van der Waals surface area contributed by atoms with Crippen LogP contribution in [0, 0.1) is 6.92 Å². The van der Waals surface area contributed by atoms with E-state index in [0.29, 0.717) is 0 Å². The zero-order chi connectivity index (χ0) is 8.85. The SMILES string of the molecule is CCc1nc(C)c(S)s1.CN. The van der Waals surface area contributed by atoms with E-state index in [9.17, 15) is 0 Å². The molecule has 64 valence electrons. The van der Waals surface area contributed by atoms with Gasteiger partial charge in [-0.2, -0.15) is 0 Å². The maximum atomic E-state index is 4.50. The topological polar surface area (TPSA) is 38.9 Å². The first-order chi connectivity index (χ1) is 5.24. The van der Waals surface area contributed by atoms with E-state index < -0.39 is 0 Å². The summed E-state index contributed by atoms with van der Waals surface area (Å²) < 4.78 is 1.05. The standard InChI is InChI=1S/C6H9NS2.CH5N/c1-3-5-7-4(2)6(8)9-5;1-2/h8H,3H2,1-2H3;2H2,1H3. The molecule has 2 N–H and O–H groups in total. The Morgan fingerprint density at radius 1 is 1.55 bits per heavy atom. The minimum atomic E-state index is 1.02. The van der Waals surface area contributed by atoms with Crippen LogP contribution in [0.5, 0.6) is 0 Å². The molecule has 0 aromatic carbocycles. The normalized spacial score (nSPS) is 8.82. The van der Waals surface area contributed by atoms with Gasteiger partial charge in [0.25, 0.3) is 0 Å². The van der Waals surface area contributed by atoms with E-state index in [2.05, 4.69) is 30.3 Å². The summed E-state index contributed by atoms with van der Waals surface area (Å²) in [5.74, 6) is 0. The number of thiazole rings is 1. The lowest BCUT2D eigenvalue weighted by molar-refractivity contribution is 1.06. The van der Waals surface area contributed by atoms with Crippen LogP contribution in [-0.2, 0) is 6.42 Å². The van der Waals surface area contributed by atoms with Gasteiger partial charge in [0.2, 0.25) is 0 Å². The van der Waals surface area contributed by atoms with Crippen LogP contribution < -0.4 is 5.73 Å². The smallest absolute Gasteiger partial charge is 0.0937 e. The number of hydrogen-bond acceptors (Lipinski definition) is 4. The van der Waals surface area contributed by atoms with Crippen molar-refractivity contribution in [3.05, 3.63) is 10.7 Å². The monoisotopic (exact) mass is 190 g/mol. The van der Waals surface area contributed by atoms with Gasteiger partial charge in [-0.3, -0.25) is 0 Å². The lowest BCUT2D eigenvalue weighted by atomic mass is 10.5. The average molecular weight is 190 g/mol. The van der Waals surface area contributed by atoms with Crippen molar-refractivity contribution in [3.63, 3.8) is 0 Å². The Balaban J connectivity index is 0.000000461. The summed E-state index contributed by atoms with van der Waals surface area (Å²) >= 11 is 5.90. The third-order valence-electron chi connectivity index (χ3n) is 1.12. The first-order valence-electron chi connectivity index (χ1n) is 3.47. The number of aromatic nitrogens is 1. The predicted molar refractivity (Wildman–Crippen MR) is 53.6 cm³/mol. The molecule has 0 atom stereocenters. The summed E-state index contributed by atoms with van der Waals surface area (Å²) in [6, 6.07) is 0. The zero-order valence-electron chi connectivity index (χ0n) is 7.09. The number of aryl methyl sites for hydroxylation is 2. The van der Waals surface area contributed by atoms with Gasteiger partial charge in [0, 0.05) is 0 Å². The Morgan fingerprint density at radius 2 is 2.09 bits per heavy atom. The van der Waals surface area contributed by atoms with E-state index in [1.807, 2.05) is 6.92 Å². The van der Waals surface area contributed by atoms with E-state index in [0.717, 1.165) is 16.3 Å². The van der Waals surface area contributed by atoms with Crippen LogP contribution in [0.25, 0.3) is 0 Å². The first kappa shape index (κ1) is 10.9. The number of hydrogen-bond donors (Lipinski definition) is 2. The fourth-order valence-electron chi connectivity index (χ4n) is 0.594. The minimum absolute atomic E-state index is 1.02. The summed E-state index contributed by atoms with van der Waals surface area (Å²) in [5.41, 5.74) is 5.56. The van der Waals surface area contributed by atoms with Crippen molar-refractivity contribution < 1.29 is 0 Å². The van der Waals surface area contributed by atoms with E-state index in [1.54, 1.807) is 11.3 Å². The number of nitrogens with zero attached hydrogens (tertiary/aromatic N) is 1. The van der Waals surface area contributed by atoms with E-state index in [1.165, 1.54) is 12.1 Å². The molecule has 0 amide bonds. The van der Waals surface area contributed by atoms with Crippen LogP contribution in [0.15, 0.2) is 4.21 Å². The molecule has 0 spiro atoms. The molecule has 1 rings (SSSR count). The number of thiol groups is 1. The Morgan fingerprint density at radius 3 is 2.27 bits per heavy atom. The van der Waals surface area contributed by atoms with Crippen molar-refractivity contribution in [3.8, 4) is 0 Å². The van der Waals surface area contributed by atoms with E-state index in [4.69, 9.17) is 0 Å². The Labute approximate surface area is 77.3 Å². The van der Waals surface area contributed by atoms with Crippen molar-refractivity contribution in [2.45, 2.75) is 24.5 Å². The summed E-state index contributed by atoms with van der Waals surface area (Å²) in [6.07, 6.45) is 1.02. The molecule has 0 unspecified atom stereocenters. The fraction of sp³-hybridized carbons (Fsp3) is 0.571. The Hall–Kier alpha value is -0.0600. The highest BCUT2D eigenvalue weighted by Gasteiger charge is 1.99. The minimum Gasteiger partial charge on any atom is -0.333 e. The van der Waals surface area contributed by atoms with E-state index >= 15 is 0 Å². The Kier molecular flexibility index (Phi) is 5.54. The molecule has 4 heteroatoms. The third-order valence-corrected chi connectivity index (χ3v) is 2.82. The van der Waals surface area contributed by atoms with Crippen LogP contribution in [-0.4, -0.2) is 12.0 Å². The average Bonchev–Trinajstić information content (AvgIpc) is 2.36. The lowest BCUT2D eigenvalue weighted by Gasteiger charge is -1.79. The van der Waals surface area contributed by atoms with Crippen molar-refractivity contribution >= 4 is 24.0 Å². The second-order valence-corrected chi connectivity index (χ2v) is 3.69. The second-order valence-electron chi connectivity index (χ2n) is 1.85. The van der Waals surface area contributed by atoms with Crippen LogP contribution in [0.4, 0.5) is 0 Å². The molecule has 0 saturated carbocycles. The molecule has 0 aliphatic rings.